The number of halogens is 2. The fourth-order valence-corrected chi connectivity index (χ4v) is 4.29. The van der Waals surface area contributed by atoms with Crippen molar-refractivity contribution in [2.75, 3.05) is 38.0 Å². The molecule has 2 aromatic carbocycles. The van der Waals surface area contributed by atoms with Crippen LogP contribution in [0.2, 0.25) is 0 Å². The van der Waals surface area contributed by atoms with Gasteiger partial charge in [0.05, 0.1) is 12.0 Å². The second-order valence-corrected chi connectivity index (χ2v) is 8.07. The highest BCUT2D eigenvalue weighted by Crippen LogP contribution is 2.45. The molecule has 2 aromatic rings. The minimum atomic E-state index is -0.607. The Bertz CT molecular complexity index is 920. The number of hydrogen-bond donors (Lipinski definition) is 1. The summed E-state index contributed by atoms with van der Waals surface area (Å²) in [7, 11) is 0. The topological polar surface area (TPSA) is 52.7 Å². The Hall–Kier alpha value is -2.80. The van der Waals surface area contributed by atoms with E-state index in [-0.39, 0.29) is 30.0 Å². The summed E-state index contributed by atoms with van der Waals surface area (Å²) in [5.41, 5.74) is 0.710. The lowest BCUT2D eigenvalue weighted by Gasteiger charge is -2.46. The lowest BCUT2D eigenvalue weighted by atomic mass is 9.63. The van der Waals surface area contributed by atoms with Crippen molar-refractivity contribution < 1.29 is 18.4 Å². The van der Waals surface area contributed by atoms with E-state index in [4.69, 9.17) is 0 Å². The molecule has 30 heavy (non-hydrogen) atoms. The van der Waals surface area contributed by atoms with Crippen LogP contribution in [0.5, 0.6) is 0 Å². The quantitative estimate of drug-likeness (QED) is 0.819. The van der Waals surface area contributed by atoms with Crippen LogP contribution in [0.25, 0.3) is 0 Å². The van der Waals surface area contributed by atoms with Crippen LogP contribution in [-0.4, -0.2) is 54.3 Å². The molecule has 0 spiro atoms. The van der Waals surface area contributed by atoms with Gasteiger partial charge in [-0.25, -0.2) is 8.78 Å². The number of carbonyl (C=O) groups is 2. The van der Waals surface area contributed by atoms with Gasteiger partial charge in [-0.2, -0.15) is 0 Å². The van der Waals surface area contributed by atoms with E-state index in [1.54, 1.807) is 6.07 Å². The van der Waals surface area contributed by atoms with E-state index in [2.05, 4.69) is 5.32 Å². The van der Waals surface area contributed by atoms with Gasteiger partial charge in [-0.3, -0.25) is 14.5 Å². The average Bonchev–Trinajstić information content (AvgIpc) is 2.69. The van der Waals surface area contributed by atoms with Gasteiger partial charge in [0.15, 0.2) is 0 Å². The maximum absolute atomic E-state index is 13.7. The highest BCUT2D eigenvalue weighted by Gasteiger charge is 2.48. The van der Waals surface area contributed by atoms with Gasteiger partial charge in [0, 0.05) is 31.9 Å². The molecule has 2 aliphatic rings. The van der Waals surface area contributed by atoms with E-state index in [1.807, 2.05) is 15.9 Å². The standard InChI is InChI=1S/C23H25F2N3O2/c24-18-5-7-20(8-6-18)26-21(29)16-27-11-13-28(14-12-27)22(30)23(9-2-10-23)17-3-1-4-19(25)15-17/h1,3-8,15H,2,9-14,16H2,(H,26,29). The Balaban J connectivity index is 1.32. The molecular formula is C23H25F2N3O2. The molecule has 0 bridgehead atoms. The molecule has 0 unspecified atom stereocenters. The van der Waals surface area contributed by atoms with Crippen LogP contribution in [0.1, 0.15) is 24.8 Å². The molecule has 0 atom stereocenters. The number of carbonyl (C=O) groups excluding carboxylic acids is 2. The zero-order valence-electron chi connectivity index (χ0n) is 16.7. The molecule has 0 radical (unpaired) electrons. The van der Waals surface area contributed by atoms with Crippen molar-refractivity contribution in [2.24, 2.45) is 0 Å². The van der Waals surface area contributed by atoms with Crippen LogP contribution in [-0.2, 0) is 15.0 Å². The predicted molar refractivity (Wildman–Crippen MR) is 110 cm³/mol. The molecule has 1 aliphatic carbocycles. The lowest BCUT2D eigenvalue weighted by Crippen LogP contribution is -2.57. The maximum atomic E-state index is 13.7. The van der Waals surface area contributed by atoms with Gasteiger partial charge in [-0.05, 0) is 54.8 Å². The van der Waals surface area contributed by atoms with Gasteiger partial charge in [0.25, 0.3) is 0 Å². The van der Waals surface area contributed by atoms with Gasteiger partial charge >= 0.3 is 0 Å². The summed E-state index contributed by atoms with van der Waals surface area (Å²) in [6, 6.07) is 12.0. The zero-order valence-corrected chi connectivity index (χ0v) is 16.7. The molecule has 1 heterocycles. The second kappa shape index (κ2) is 8.52. The largest absolute Gasteiger partial charge is 0.339 e. The van der Waals surface area contributed by atoms with Crippen LogP contribution >= 0.6 is 0 Å². The van der Waals surface area contributed by atoms with Crippen molar-refractivity contribution in [2.45, 2.75) is 24.7 Å². The second-order valence-electron chi connectivity index (χ2n) is 8.07. The molecule has 1 N–H and O–H groups in total. The smallest absolute Gasteiger partial charge is 0.238 e. The molecule has 1 aliphatic heterocycles. The Labute approximate surface area is 174 Å². The predicted octanol–water partition coefficient (Wildman–Crippen LogP) is 3.17. The number of benzene rings is 2. The van der Waals surface area contributed by atoms with E-state index < -0.39 is 5.41 Å². The van der Waals surface area contributed by atoms with Crippen LogP contribution in [0.3, 0.4) is 0 Å². The van der Waals surface area contributed by atoms with Crippen LogP contribution in [0.15, 0.2) is 48.5 Å². The maximum Gasteiger partial charge on any atom is 0.238 e. The highest BCUT2D eigenvalue weighted by molar-refractivity contribution is 5.92. The fraction of sp³-hybridized carbons (Fsp3) is 0.391. The third-order valence-corrected chi connectivity index (χ3v) is 6.15. The molecule has 5 nitrogen and oxygen atoms in total. The number of hydrogen-bond acceptors (Lipinski definition) is 3. The van der Waals surface area contributed by atoms with E-state index in [0.29, 0.717) is 31.9 Å². The number of piperazine rings is 1. The average molecular weight is 413 g/mol. The molecule has 7 heteroatoms. The normalized spacial score (nSPS) is 18.5. The molecular weight excluding hydrogens is 388 g/mol. The first-order valence-corrected chi connectivity index (χ1v) is 10.3. The Morgan fingerprint density at radius 3 is 2.23 bits per heavy atom. The molecule has 4 rings (SSSR count). The van der Waals surface area contributed by atoms with Crippen LogP contribution in [0, 0.1) is 11.6 Å². The number of rotatable bonds is 5. The summed E-state index contributed by atoms with van der Waals surface area (Å²) in [6.07, 6.45) is 2.46. The van der Waals surface area contributed by atoms with Gasteiger partial charge < -0.3 is 10.2 Å². The van der Waals surface area contributed by atoms with Crippen molar-refractivity contribution in [3.05, 3.63) is 65.7 Å². The highest BCUT2D eigenvalue weighted by atomic mass is 19.1. The molecule has 158 valence electrons. The van der Waals surface area contributed by atoms with E-state index in [9.17, 15) is 18.4 Å². The number of nitrogens with zero attached hydrogens (tertiary/aromatic N) is 2. The molecule has 1 saturated heterocycles. The number of nitrogens with one attached hydrogen (secondary N) is 1. The molecule has 2 fully saturated rings. The van der Waals surface area contributed by atoms with Gasteiger partial charge in [0.2, 0.25) is 11.8 Å². The summed E-state index contributed by atoms with van der Waals surface area (Å²) >= 11 is 0. The SMILES string of the molecule is O=C(CN1CCN(C(=O)C2(c3cccc(F)c3)CCC2)CC1)Nc1ccc(F)cc1. The molecule has 2 amide bonds. The fourth-order valence-electron chi connectivity index (χ4n) is 4.29. The summed E-state index contributed by atoms with van der Waals surface area (Å²) in [5, 5.41) is 2.76. The van der Waals surface area contributed by atoms with Gasteiger partial charge in [-0.15, -0.1) is 0 Å². The molecule has 0 aromatic heterocycles. The Morgan fingerprint density at radius 2 is 1.63 bits per heavy atom. The van der Waals surface area contributed by atoms with Crippen LogP contribution in [0.4, 0.5) is 14.5 Å². The van der Waals surface area contributed by atoms with E-state index >= 15 is 0 Å². The summed E-state index contributed by atoms with van der Waals surface area (Å²) in [4.78, 5) is 29.4. The van der Waals surface area contributed by atoms with Crippen molar-refractivity contribution in [1.29, 1.82) is 0 Å². The first-order valence-electron chi connectivity index (χ1n) is 10.3. The first-order chi connectivity index (χ1) is 14.5. The number of amides is 2. The zero-order chi connectivity index (χ0) is 21.1. The van der Waals surface area contributed by atoms with Crippen molar-refractivity contribution >= 4 is 17.5 Å². The van der Waals surface area contributed by atoms with E-state index in [1.165, 1.54) is 36.4 Å². The van der Waals surface area contributed by atoms with Crippen molar-refractivity contribution in [3.8, 4) is 0 Å². The lowest BCUT2D eigenvalue weighted by molar-refractivity contribution is -0.142. The van der Waals surface area contributed by atoms with E-state index in [0.717, 1.165) is 24.8 Å². The summed E-state index contributed by atoms with van der Waals surface area (Å²) in [6.45, 7) is 2.50. The minimum Gasteiger partial charge on any atom is -0.339 e. The summed E-state index contributed by atoms with van der Waals surface area (Å²) < 4.78 is 26.7. The summed E-state index contributed by atoms with van der Waals surface area (Å²) in [5.74, 6) is -0.772. The van der Waals surface area contributed by atoms with Crippen LogP contribution < -0.4 is 5.32 Å². The third-order valence-electron chi connectivity index (χ3n) is 6.15. The van der Waals surface area contributed by atoms with Gasteiger partial charge in [0.1, 0.15) is 11.6 Å². The first kappa shape index (κ1) is 20.5. The monoisotopic (exact) mass is 413 g/mol. The Kier molecular flexibility index (Phi) is 5.81. The Morgan fingerprint density at radius 1 is 0.933 bits per heavy atom. The minimum absolute atomic E-state index is 0.0646. The van der Waals surface area contributed by atoms with Crippen molar-refractivity contribution in [1.82, 2.24) is 9.80 Å². The van der Waals surface area contributed by atoms with Gasteiger partial charge in [-0.1, -0.05) is 18.6 Å². The van der Waals surface area contributed by atoms with Crippen molar-refractivity contribution in [3.63, 3.8) is 0 Å². The molecule has 1 saturated carbocycles. The third kappa shape index (κ3) is 4.21. The number of anilines is 1.